The van der Waals surface area contributed by atoms with Crippen LogP contribution in [0.25, 0.3) is 16.8 Å². The summed E-state index contributed by atoms with van der Waals surface area (Å²) in [5.41, 5.74) is 2.35. The monoisotopic (exact) mass is 363 g/mol. The summed E-state index contributed by atoms with van der Waals surface area (Å²) in [4.78, 5) is 7.81. The van der Waals surface area contributed by atoms with E-state index < -0.39 is 0 Å². The van der Waals surface area contributed by atoms with Crippen molar-refractivity contribution in [3.63, 3.8) is 0 Å². The van der Waals surface area contributed by atoms with Crippen LogP contribution in [0, 0.1) is 5.41 Å². The van der Waals surface area contributed by atoms with Crippen LogP contribution in [0.1, 0.15) is 5.01 Å². The third-order valence-corrected chi connectivity index (χ3v) is 5.03. The molecule has 2 heterocycles. The Morgan fingerprint density at radius 3 is 2.71 bits per heavy atom. The molecule has 1 aliphatic heterocycles. The van der Waals surface area contributed by atoms with Gasteiger partial charge in [-0.05, 0) is 12.1 Å². The molecule has 3 rings (SSSR count). The van der Waals surface area contributed by atoms with Gasteiger partial charge in [0.15, 0.2) is 0 Å². The molecule has 0 spiro atoms. The molecule has 24 heavy (non-hydrogen) atoms. The molecular formula is C17H20ClN4OS+. The molecule has 0 unspecified atom stereocenters. The third kappa shape index (κ3) is 3.45. The van der Waals surface area contributed by atoms with E-state index in [0.717, 1.165) is 24.3 Å². The van der Waals surface area contributed by atoms with E-state index in [1.807, 2.05) is 34.5 Å². The van der Waals surface area contributed by atoms with Crippen molar-refractivity contribution in [1.29, 1.82) is 5.41 Å². The first-order valence-electron chi connectivity index (χ1n) is 7.72. The van der Waals surface area contributed by atoms with Crippen LogP contribution in [-0.2, 0) is 0 Å². The van der Waals surface area contributed by atoms with Gasteiger partial charge >= 0.3 is 0 Å². The number of nitrogens with one attached hydrogen (secondary N) is 2. The predicted octanol–water partition coefficient (Wildman–Crippen LogP) is 2.17. The van der Waals surface area contributed by atoms with E-state index in [0.29, 0.717) is 28.0 Å². The van der Waals surface area contributed by atoms with Gasteiger partial charge in [-0.2, -0.15) is 0 Å². The summed E-state index contributed by atoms with van der Waals surface area (Å²) in [6.45, 7) is 2.04. The minimum absolute atomic E-state index is 0.228. The van der Waals surface area contributed by atoms with Gasteiger partial charge in [-0.15, -0.1) is 11.3 Å². The largest absolute Gasteiger partial charge is 0.510 e. The normalized spacial score (nSPS) is 15.0. The Balaban J connectivity index is 1.80. The van der Waals surface area contributed by atoms with Crippen LogP contribution in [0.5, 0.6) is 0 Å². The number of aromatic nitrogens is 1. The number of quaternary nitrogens is 1. The first-order valence-corrected chi connectivity index (χ1v) is 8.98. The van der Waals surface area contributed by atoms with Crippen molar-refractivity contribution in [2.24, 2.45) is 0 Å². The summed E-state index contributed by atoms with van der Waals surface area (Å²) in [5, 5.41) is 22.0. The van der Waals surface area contributed by atoms with Crippen LogP contribution in [0.15, 0.2) is 35.4 Å². The highest BCUT2D eigenvalue weighted by Gasteiger charge is 2.30. The number of likely N-dealkylation sites (N-methyl/N-ethyl adjacent to an activating group) is 1. The number of amidine groups is 1. The highest BCUT2D eigenvalue weighted by Crippen LogP contribution is 2.32. The van der Waals surface area contributed by atoms with Crippen molar-refractivity contribution < 1.29 is 10.0 Å². The average Bonchev–Trinajstić information content (AvgIpc) is 3.11. The Bertz CT molecular complexity index is 782. The Kier molecular flexibility index (Phi) is 4.89. The molecule has 0 amide bonds. The molecule has 1 aliphatic rings. The molecule has 7 heteroatoms. The molecule has 2 aromatic rings. The molecule has 5 nitrogen and oxygen atoms in total. The van der Waals surface area contributed by atoms with Crippen LogP contribution in [0.3, 0.4) is 0 Å². The first kappa shape index (κ1) is 17.0. The molecule has 0 fully saturated rings. The highest BCUT2D eigenvalue weighted by atomic mass is 35.5. The van der Waals surface area contributed by atoms with E-state index in [4.69, 9.17) is 17.0 Å². The van der Waals surface area contributed by atoms with Crippen LogP contribution >= 0.6 is 22.9 Å². The van der Waals surface area contributed by atoms with Crippen LogP contribution in [0.4, 0.5) is 0 Å². The van der Waals surface area contributed by atoms with Gasteiger partial charge in [-0.1, -0.05) is 23.7 Å². The van der Waals surface area contributed by atoms with Crippen molar-refractivity contribution in [2.75, 3.05) is 33.7 Å². The fourth-order valence-electron chi connectivity index (χ4n) is 2.55. The maximum atomic E-state index is 10.3. The lowest BCUT2D eigenvalue weighted by molar-refractivity contribution is -0.857. The molecular weight excluding hydrogens is 344 g/mol. The number of benzene rings is 1. The fourth-order valence-corrected chi connectivity index (χ4v) is 3.57. The number of hydrogen-bond donors (Lipinski definition) is 3. The van der Waals surface area contributed by atoms with Gasteiger partial charge < -0.3 is 14.9 Å². The lowest BCUT2D eigenvalue weighted by atomic mass is 10.2. The summed E-state index contributed by atoms with van der Waals surface area (Å²) in [6.07, 6.45) is 0. The predicted molar refractivity (Wildman–Crippen MR) is 99.1 cm³/mol. The Labute approximate surface area is 150 Å². The number of nitrogens with zero attached hydrogens (tertiary/aromatic N) is 2. The number of halogens is 1. The molecule has 0 bridgehead atoms. The smallest absolute Gasteiger partial charge is 0.135 e. The number of aliphatic hydroxyl groups is 1. The summed E-state index contributed by atoms with van der Waals surface area (Å²) in [5.74, 6) is 0.580. The summed E-state index contributed by atoms with van der Waals surface area (Å²) in [7, 11) is 4.15. The quantitative estimate of drug-likeness (QED) is 0.762. The maximum Gasteiger partial charge on any atom is 0.135 e. The first-order chi connectivity index (χ1) is 11.5. The SMILES string of the molecule is C[NH+](C)CCN1CC(O)=C(c2nc(-c3ccc(Cl)cc3)cs2)C1=N. The minimum Gasteiger partial charge on any atom is -0.510 e. The molecule has 0 radical (unpaired) electrons. The average molecular weight is 364 g/mol. The van der Waals surface area contributed by atoms with Crippen LogP contribution in [0.2, 0.25) is 5.02 Å². The Morgan fingerprint density at radius 1 is 1.33 bits per heavy atom. The highest BCUT2D eigenvalue weighted by molar-refractivity contribution is 7.11. The molecule has 1 aromatic heterocycles. The zero-order valence-corrected chi connectivity index (χ0v) is 15.2. The summed E-state index contributed by atoms with van der Waals surface area (Å²) in [6, 6.07) is 7.49. The maximum absolute atomic E-state index is 10.3. The number of aliphatic hydroxyl groups excluding tert-OH is 1. The molecule has 126 valence electrons. The third-order valence-electron chi connectivity index (χ3n) is 3.92. The molecule has 1 aromatic carbocycles. The number of rotatable bonds is 5. The molecule has 0 aliphatic carbocycles. The van der Waals surface area contributed by atoms with Crippen LogP contribution < -0.4 is 4.90 Å². The molecule has 0 atom stereocenters. The second kappa shape index (κ2) is 6.93. The topological polar surface area (TPSA) is 64.7 Å². The van der Waals surface area contributed by atoms with Crippen molar-refractivity contribution in [2.45, 2.75) is 0 Å². The van der Waals surface area contributed by atoms with Gasteiger partial charge in [0.1, 0.15) is 16.6 Å². The fraction of sp³-hybridized carbons (Fsp3) is 0.294. The van der Waals surface area contributed by atoms with Gasteiger partial charge in [0.05, 0.1) is 45.0 Å². The van der Waals surface area contributed by atoms with E-state index in [1.54, 1.807) is 0 Å². The van der Waals surface area contributed by atoms with E-state index >= 15 is 0 Å². The lowest BCUT2D eigenvalue weighted by Crippen LogP contribution is -3.06. The van der Waals surface area contributed by atoms with Gasteiger partial charge in [-0.25, -0.2) is 4.98 Å². The molecule has 0 saturated heterocycles. The van der Waals surface area contributed by atoms with E-state index in [2.05, 4.69) is 19.1 Å². The van der Waals surface area contributed by atoms with Crippen LogP contribution in [-0.4, -0.2) is 54.6 Å². The molecule has 0 saturated carbocycles. The standard InChI is InChI=1S/C17H19ClN4OS/c1-21(2)7-8-22-9-14(23)15(16(22)19)17-20-13(10-24-17)11-3-5-12(18)6-4-11/h3-6,10,19,23H,7-9H2,1-2H3/p+1. The van der Waals surface area contributed by atoms with Crippen molar-refractivity contribution >= 4 is 34.3 Å². The zero-order chi connectivity index (χ0) is 17.3. The lowest BCUT2D eigenvalue weighted by Gasteiger charge is -2.19. The Morgan fingerprint density at radius 2 is 2.04 bits per heavy atom. The summed E-state index contributed by atoms with van der Waals surface area (Å²) < 4.78 is 0. The van der Waals surface area contributed by atoms with E-state index in [1.165, 1.54) is 16.2 Å². The van der Waals surface area contributed by atoms with Gasteiger partial charge in [0.2, 0.25) is 0 Å². The zero-order valence-electron chi connectivity index (χ0n) is 13.6. The van der Waals surface area contributed by atoms with Crippen molar-refractivity contribution in [1.82, 2.24) is 9.88 Å². The molecule has 3 N–H and O–H groups in total. The van der Waals surface area contributed by atoms with E-state index in [9.17, 15) is 5.11 Å². The van der Waals surface area contributed by atoms with Gasteiger partial charge in [-0.3, -0.25) is 5.41 Å². The Hall–Kier alpha value is -1.89. The van der Waals surface area contributed by atoms with Crippen molar-refractivity contribution in [3.8, 4) is 11.3 Å². The van der Waals surface area contributed by atoms with Gasteiger partial charge in [0.25, 0.3) is 0 Å². The second-order valence-electron chi connectivity index (χ2n) is 6.09. The van der Waals surface area contributed by atoms with Crippen molar-refractivity contribution in [3.05, 3.63) is 45.4 Å². The van der Waals surface area contributed by atoms with E-state index in [-0.39, 0.29) is 5.76 Å². The number of thiazole rings is 1. The number of hydrogen-bond acceptors (Lipinski definition) is 4. The second-order valence-corrected chi connectivity index (χ2v) is 7.39. The summed E-state index contributed by atoms with van der Waals surface area (Å²) >= 11 is 7.37. The van der Waals surface area contributed by atoms with Gasteiger partial charge in [0, 0.05) is 16.0 Å². The minimum atomic E-state index is 0.228.